The Morgan fingerprint density at radius 3 is 2.42 bits per heavy atom. The summed E-state index contributed by atoms with van der Waals surface area (Å²) in [6, 6.07) is 0. The number of carbonyl (C=O) groups excluding carboxylic acids is 1. The van der Waals surface area contributed by atoms with E-state index in [1.165, 1.54) is 6.08 Å². The van der Waals surface area contributed by atoms with Crippen LogP contribution in [0.25, 0.3) is 0 Å². The molecule has 0 aromatic rings. The van der Waals surface area contributed by atoms with E-state index in [9.17, 15) is 20.1 Å². The summed E-state index contributed by atoms with van der Waals surface area (Å²) < 4.78 is 0. The van der Waals surface area contributed by atoms with E-state index in [-0.39, 0.29) is 11.2 Å². The van der Waals surface area contributed by atoms with Gasteiger partial charge in [-0.05, 0) is 24.5 Å². The molecule has 0 aliphatic heterocycles. The molecule has 3 unspecified atom stereocenters. The molecule has 6 atom stereocenters. The maximum atomic E-state index is 12.4. The molecule has 3 aliphatic carbocycles. The zero-order valence-corrected chi connectivity index (χ0v) is 14.9. The molecule has 3 rings (SSSR count). The minimum atomic E-state index is -1.28. The van der Waals surface area contributed by atoms with Crippen molar-refractivity contribution in [3.05, 3.63) is 36.5 Å². The fourth-order valence-electron chi connectivity index (χ4n) is 5.23. The van der Waals surface area contributed by atoms with Gasteiger partial charge in [0.2, 0.25) is 0 Å². The third-order valence-corrected chi connectivity index (χ3v) is 6.97. The van der Waals surface area contributed by atoms with E-state index in [1.54, 1.807) is 19.9 Å². The fraction of sp³-hybridized carbons (Fsp3) is 0.650. The van der Waals surface area contributed by atoms with Gasteiger partial charge in [-0.15, -0.1) is 6.58 Å². The van der Waals surface area contributed by atoms with Crippen molar-refractivity contribution in [2.45, 2.75) is 58.3 Å². The van der Waals surface area contributed by atoms with E-state index in [1.807, 2.05) is 26.0 Å². The number of hydrogen-bond donors (Lipinski definition) is 3. The average Bonchev–Trinajstić information content (AvgIpc) is 2.52. The summed E-state index contributed by atoms with van der Waals surface area (Å²) in [6.45, 7) is 11.3. The topological polar surface area (TPSA) is 77.8 Å². The molecule has 1 saturated carbocycles. The van der Waals surface area contributed by atoms with Crippen LogP contribution in [0.4, 0.5) is 0 Å². The molecule has 3 aliphatic rings. The Hall–Kier alpha value is -1.23. The van der Waals surface area contributed by atoms with Crippen molar-refractivity contribution >= 4 is 5.78 Å². The lowest BCUT2D eigenvalue weighted by Crippen LogP contribution is -2.69. The van der Waals surface area contributed by atoms with Gasteiger partial charge in [-0.1, -0.05) is 45.9 Å². The van der Waals surface area contributed by atoms with Crippen LogP contribution in [0.5, 0.6) is 0 Å². The van der Waals surface area contributed by atoms with Gasteiger partial charge >= 0.3 is 0 Å². The number of aliphatic hydroxyl groups excluding tert-OH is 2. The van der Waals surface area contributed by atoms with Gasteiger partial charge in [0.25, 0.3) is 0 Å². The van der Waals surface area contributed by atoms with Crippen LogP contribution in [-0.4, -0.2) is 38.9 Å². The molecule has 0 spiro atoms. The molecule has 24 heavy (non-hydrogen) atoms. The second kappa shape index (κ2) is 4.90. The first-order chi connectivity index (χ1) is 10.9. The summed E-state index contributed by atoms with van der Waals surface area (Å²) in [4.78, 5) is 12.4. The Kier molecular flexibility index (Phi) is 3.59. The van der Waals surface area contributed by atoms with Crippen LogP contribution in [0.2, 0.25) is 0 Å². The highest BCUT2D eigenvalue weighted by Crippen LogP contribution is 2.62. The SMILES string of the molecule is C=C[C@]1(C)C=C2C(O)C(O)C3C(C)(C)C(=O)C=C[C@]3(C)[C@@]2(O)CC1. The van der Waals surface area contributed by atoms with Gasteiger partial charge < -0.3 is 15.3 Å². The lowest BCUT2D eigenvalue weighted by atomic mass is 9.44. The number of ketones is 1. The van der Waals surface area contributed by atoms with Crippen LogP contribution in [0.1, 0.15) is 40.5 Å². The Morgan fingerprint density at radius 2 is 1.83 bits per heavy atom. The molecule has 0 radical (unpaired) electrons. The van der Waals surface area contributed by atoms with Gasteiger partial charge in [-0.2, -0.15) is 0 Å². The first-order valence-corrected chi connectivity index (χ1v) is 8.62. The normalized spacial score (nSPS) is 49.9. The van der Waals surface area contributed by atoms with Crippen molar-refractivity contribution in [1.29, 1.82) is 0 Å². The maximum Gasteiger partial charge on any atom is 0.161 e. The van der Waals surface area contributed by atoms with Crippen LogP contribution in [0.3, 0.4) is 0 Å². The predicted molar refractivity (Wildman–Crippen MR) is 92.1 cm³/mol. The molecule has 4 nitrogen and oxygen atoms in total. The molecule has 0 saturated heterocycles. The van der Waals surface area contributed by atoms with Crippen molar-refractivity contribution < 1.29 is 20.1 Å². The van der Waals surface area contributed by atoms with Crippen molar-refractivity contribution in [1.82, 2.24) is 0 Å². The highest BCUT2D eigenvalue weighted by molar-refractivity contribution is 5.96. The van der Waals surface area contributed by atoms with Gasteiger partial charge in [0.1, 0.15) is 6.10 Å². The monoisotopic (exact) mass is 332 g/mol. The van der Waals surface area contributed by atoms with Crippen LogP contribution in [0.15, 0.2) is 36.5 Å². The Balaban J connectivity index is 2.25. The summed E-state index contributed by atoms with van der Waals surface area (Å²) in [5, 5.41) is 33.3. The molecular formula is C20H28O4. The van der Waals surface area contributed by atoms with Crippen LogP contribution < -0.4 is 0 Å². The second-order valence-electron chi connectivity index (χ2n) is 8.78. The number of aliphatic hydroxyl groups is 3. The second-order valence-corrected chi connectivity index (χ2v) is 8.78. The van der Waals surface area contributed by atoms with Crippen molar-refractivity contribution in [2.75, 3.05) is 0 Å². The number of fused-ring (bicyclic) bond motifs is 3. The predicted octanol–water partition coefficient (Wildman–Crippen LogP) is 2.15. The summed E-state index contributed by atoms with van der Waals surface area (Å²) in [6.07, 6.45) is 5.79. The highest BCUT2D eigenvalue weighted by atomic mass is 16.3. The Bertz CT molecular complexity index is 661. The maximum absolute atomic E-state index is 12.4. The van der Waals surface area contributed by atoms with Gasteiger partial charge in [0.15, 0.2) is 5.78 Å². The fourth-order valence-corrected chi connectivity index (χ4v) is 5.23. The van der Waals surface area contributed by atoms with Crippen molar-refractivity contribution in [2.24, 2.45) is 22.2 Å². The van der Waals surface area contributed by atoms with Crippen LogP contribution >= 0.6 is 0 Å². The van der Waals surface area contributed by atoms with E-state index in [0.717, 1.165) is 0 Å². The largest absolute Gasteiger partial charge is 0.390 e. The summed E-state index contributed by atoms with van der Waals surface area (Å²) in [7, 11) is 0. The number of rotatable bonds is 1. The van der Waals surface area contributed by atoms with E-state index in [2.05, 4.69) is 6.58 Å². The van der Waals surface area contributed by atoms with Crippen molar-refractivity contribution in [3.63, 3.8) is 0 Å². The molecule has 3 N–H and O–H groups in total. The quantitative estimate of drug-likeness (QED) is 0.643. The Labute approximate surface area is 143 Å². The van der Waals surface area contributed by atoms with E-state index >= 15 is 0 Å². The molecule has 1 fully saturated rings. The lowest BCUT2D eigenvalue weighted by molar-refractivity contribution is -0.193. The van der Waals surface area contributed by atoms with Crippen LogP contribution in [-0.2, 0) is 4.79 Å². The van der Waals surface area contributed by atoms with E-state index in [0.29, 0.717) is 18.4 Å². The molecule has 132 valence electrons. The lowest BCUT2D eigenvalue weighted by Gasteiger charge is -2.63. The number of hydrogen-bond acceptors (Lipinski definition) is 4. The minimum absolute atomic E-state index is 0.0843. The summed E-state index contributed by atoms with van der Waals surface area (Å²) in [5.74, 6) is -0.647. The zero-order chi connectivity index (χ0) is 18.1. The molecule has 0 aromatic carbocycles. The standard InChI is InChI=1S/C20H28O4/c1-6-18(4)9-10-20(24)12(11-18)14(22)15(23)16-17(2,3)13(21)7-8-19(16,20)5/h6-8,11,14-16,22-24H,1,9-10H2,2-5H3/t14?,15?,16?,18-,19-,20+/m0/s1. The first-order valence-electron chi connectivity index (χ1n) is 8.62. The number of allylic oxidation sites excluding steroid dienone is 3. The van der Waals surface area contributed by atoms with E-state index in [4.69, 9.17) is 0 Å². The van der Waals surface area contributed by atoms with Gasteiger partial charge in [0, 0.05) is 22.2 Å². The molecule has 0 amide bonds. The van der Waals surface area contributed by atoms with Gasteiger partial charge in [0.05, 0.1) is 11.7 Å². The summed E-state index contributed by atoms with van der Waals surface area (Å²) >= 11 is 0. The average molecular weight is 332 g/mol. The first kappa shape index (κ1) is 17.6. The molecule has 0 bridgehead atoms. The van der Waals surface area contributed by atoms with E-state index < -0.39 is 34.6 Å². The molecule has 0 aromatic heterocycles. The third kappa shape index (κ3) is 1.94. The van der Waals surface area contributed by atoms with Gasteiger partial charge in [-0.3, -0.25) is 4.79 Å². The van der Waals surface area contributed by atoms with Crippen LogP contribution in [0, 0.1) is 22.2 Å². The molecular weight excluding hydrogens is 304 g/mol. The molecule has 0 heterocycles. The highest BCUT2D eigenvalue weighted by Gasteiger charge is 2.67. The smallest absolute Gasteiger partial charge is 0.161 e. The number of carbonyl (C=O) groups is 1. The molecule has 4 heteroatoms. The zero-order valence-electron chi connectivity index (χ0n) is 14.9. The van der Waals surface area contributed by atoms with Gasteiger partial charge in [-0.25, -0.2) is 0 Å². The Morgan fingerprint density at radius 1 is 1.21 bits per heavy atom. The minimum Gasteiger partial charge on any atom is -0.390 e. The summed E-state index contributed by atoms with van der Waals surface area (Å²) in [5.41, 5.74) is -2.83. The third-order valence-electron chi connectivity index (χ3n) is 6.97. The van der Waals surface area contributed by atoms with Crippen molar-refractivity contribution in [3.8, 4) is 0 Å².